The van der Waals surface area contributed by atoms with Crippen LogP contribution in [0.4, 0.5) is 0 Å². The smallest absolute Gasteiger partial charge is 0.178 e. The van der Waals surface area contributed by atoms with Gasteiger partial charge in [-0.1, -0.05) is 63.6 Å². The van der Waals surface area contributed by atoms with Gasteiger partial charge >= 0.3 is 0 Å². The first-order valence-electron chi connectivity index (χ1n) is 13.9. The number of ketones is 1. The molecule has 3 aromatic carbocycles. The van der Waals surface area contributed by atoms with E-state index in [9.17, 15) is 26.2 Å². The summed E-state index contributed by atoms with van der Waals surface area (Å²) in [5.41, 5.74) is -1.22. The summed E-state index contributed by atoms with van der Waals surface area (Å²) in [5.74, 6) is -0.0659. The number of sulfone groups is 1. The summed E-state index contributed by atoms with van der Waals surface area (Å²) < 4.78 is 57.5. The van der Waals surface area contributed by atoms with Crippen molar-refractivity contribution in [3.05, 3.63) is 84.9 Å². The maximum atomic E-state index is 12.4. The number of carbonyl (C=O) groups excluding carboxylic acids is 1. The van der Waals surface area contributed by atoms with Gasteiger partial charge in [0.1, 0.15) is 5.78 Å². The van der Waals surface area contributed by atoms with E-state index in [1.807, 2.05) is 69.3 Å². The largest absolute Gasteiger partial charge is 0.748 e. The molecule has 2 bridgehead atoms. The van der Waals surface area contributed by atoms with Gasteiger partial charge in [-0.05, 0) is 79.1 Å². The van der Waals surface area contributed by atoms with Gasteiger partial charge in [0.15, 0.2) is 24.5 Å². The lowest BCUT2D eigenvalue weighted by atomic mass is 9.70. The molecular formula is C32H38O6S3. The third kappa shape index (κ3) is 6.79. The lowest BCUT2D eigenvalue weighted by Gasteiger charge is -2.37. The fourth-order valence-electron chi connectivity index (χ4n) is 6.17. The minimum atomic E-state index is -4.33. The predicted octanol–water partition coefficient (Wildman–Crippen LogP) is 6.28. The number of benzene rings is 3. The summed E-state index contributed by atoms with van der Waals surface area (Å²) in [6, 6.07) is 28.1. The monoisotopic (exact) mass is 614 g/mol. The second-order valence-electron chi connectivity index (χ2n) is 11.4. The number of hydrogen-bond acceptors (Lipinski definition) is 6. The van der Waals surface area contributed by atoms with Crippen LogP contribution in [0.2, 0.25) is 0 Å². The first-order chi connectivity index (χ1) is 19.3. The van der Waals surface area contributed by atoms with E-state index in [-0.39, 0.29) is 33.8 Å². The topological polar surface area (TPSA) is 108 Å². The lowest BCUT2D eigenvalue weighted by molar-refractivity contribution is -0.128. The van der Waals surface area contributed by atoms with Crippen LogP contribution in [0.5, 0.6) is 0 Å². The van der Waals surface area contributed by atoms with E-state index in [0.717, 1.165) is 17.7 Å². The highest BCUT2D eigenvalue weighted by Crippen LogP contribution is 2.64. The summed E-state index contributed by atoms with van der Waals surface area (Å²) in [7, 11) is -7.77. The molecule has 0 N–H and O–H groups in total. The fourth-order valence-corrected chi connectivity index (χ4v) is 11.0. The van der Waals surface area contributed by atoms with E-state index < -0.39 is 31.1 Å². The molecule has 2 atom stereocenters. The maximum absolute atomic E-state index is 12.4. The molecule has 2 aliphatic rings. The van der Waals surface area contributed by atoms with Crippen molar-refractivity contribution in [3.63, 3.8) is 0 Å². The molecule has 2 unspecified atom stereocenters. The Balaban J connectivity index is 0.000000218. The predicted molar refractivity (Wildman–Crippen MR) is 162 cm³/mol. The average Bonchev–Trinajstić information content (AvgIpc) is 3.27. The third-order valence-corrected chi connectivity index (χ3v) is 13.6. The van der Waals surface area contributed by atoms with E-state index >= 15 is 0 Å². The zero-order chi connectivity index (χ0) is 29.9. The van der Waals surface area contributed by atoms with Crippen molar-refractivity contribution in [2.45, 2.75) is 72.5 Å². The van der Waals surface area contributed by atoms with Crippen LogP contribution in [0.15, 0.2) is 105 Å². The van der Waals surface area contributed by atoms with Crippen LogP contribution in [0, 0.1) is 16.7 Å². The molecule has 0 aliphatic heterocycles. The standard InChI is InChI=1S/C22H23O2S2.C10H16O4S/c1-2-3-18-26(23,24)22-16-14-21(15-17-22)25(19-10-6-4-7-11-19)20-12-8-5-9-13-20;1-9(2)7-3-4-10(9,8(11)5-7)6-15(12,13)14/h4-17H,2-3,18H2,1H3;7H,3-6H2,1-2H3,(H,12,13,14)/q+1;/p-1. The minimum absolute atomic E-state index is 0.0248. The zero-order valence-corrected chi connectivity index (χ0v) is 26.2. The number of hydrogen-bond donors (Lipinski definition) is 0. The van der Waals surface area contributed by atoms with E-state index in [2.05, 4.69) is 24.3 Å². The molecule has 0 heterocycles. The Hall–Kier alpha value is -2.46. The Labute approximate surface area is 247 Å². The number of unbranched alkanes of at least 4 members (excludes halogenated alkanes) is 1. The Morgan fingerprint density at radius 3 is 1.76 bits per heavy atom. The highest BCUT2D eigenvalue weighted by molar-refractivity contribution is 7.97. The molecule has 0 spiro atoms. The highest BCUT2D eigenvalue weighted by atomic mass is 32.2. The van der Waals surface area contributed by atoms with Gasteiger partial charge in [-0.3, -0.25) is 4.79 Å². The zero-order valence-electron chi connectivity index (χ0n) is 23.8. The van der Waals surface area contributed by atoms with Gasteiger partial charge in [0.05, 0.1) is 37.4 Å². The molecule has 5 rings (SSSR count). The highest BCUT2D eigenvalue weighted by Gasteiger charge is 2.64. The van der Waals surface area contributed by atoms with E-state index in [1.165, 1.54) is 9.79 Å². The van der Waals surface area contributed by atoms with Crippen molar-refractivity contribution < 1.29 is 26.2 Å². The molecule has 0 saturated heterocycles. The van der Waals surface area contributed by atoms with E-state index in [1.54, 1.807) is 12.1 Å². The number of fused-ring (bicyclic) bond motifs is 2. The van der Waals surface area contributed by atoms with E-state index in [4.69, 9.17) is 0 Å². The summed E-state index contributed by atoms with van der Waals surface area (Å²) >= 11 is 0. The van der Waals surface area contributed by atoms with Gasteiger partial charge in [-0.2, -0.15) is 0 Å². The van der Waals surface area contributed by atoms with Crippen LogP contribution in [-0.2, 0) is 35.6 Å². The summed E-state index contributed by atoms with van der Waals surface area (Å²) in [6.45, 7) is 5.84. The molecule has 0 radical (unpaired) electrons. The number of Topliss-reactive ketones (excluding diaryl/α,β-unsaturated/α-hetero) is 1. The molecule has 220 valence electrons. The molecule has 41 heavy (non-hydrogen) atoms. The second-order valence-corrected chi connectivity index (χ2v) is 17.0. The van der Waals surface area contributed by atoms with Crippen LogP contribution in [0.25, 0.3) is 0 Å². The average molecular weight is 615 g/mol. The van der Waals surface area contributed by atoms with Crippen molar-refractivity contribution in [3.8, 4) is 0 Å². The maximum Gasteiger partial charge on any atom is 0.178 e. The number of carbonyl (C=O) groups is 1. The van der Waals surface area contributed by atoms with Crippen LogP contribution < -0.4 is 0 Å². The second kappa shape index (κ2) is 12.4. The molecule has 2 aliphatic carbocycles. The summed E-state index contributed by atoms with van der Waals surface area (Å²) in [5, 5.41) is 0. The molecule has 2 saturated carbocycles. The molecule has 0 amide bonds. The van der Waals surface area contributed by atoms with Gasteiger partial charge in [0.2, 0.25) is 0 Å². The van der Waals surface area contributed by atoms with Gasteiger partial charge in [-0.15, -0.1) is 0 Å². The van der Waals surface area contributed by atoms with Gasteiger partial charge in [0.25, 0.3) is 0 Å². The molecule has 6 nitrogen and oxygen atoms in total. The van der Waals surface area contributed by atoms with Crippen LogP contribution in [0.1, 0.15) is 52.9 Å². The first-order valence-corrected chi connectivity index (χ1v) is 18.4. The van der Waals surface area contributed by atoms with Crippen molar-refractivity contribution in [1.29, 1.82) is 0 Å². The van der Waals surface area contributed by atoms with Crippen molar-refractivity contribution >= 4 is 36.6 Å². The van der Waals surface area contributed by atoms with Gasteiger partial charge < -0.3 is 4.55 Å². The van der Waals surface area contributed by atoms with Crippen molar-refractivity contribution in [2.24, 2.45) is 16.7 Å². The SMILES string of the molecule is CC1(C)C2CCC1(CS(=O)(=O)[O-])C(=O)C2.CCCCS(=O)(=O)c1ccc([S+](c2ccccc2)c2ccccc2)cc1. The quantitative estimate of drug-likeness (QED) is 0.207. The Bertz CT molecular complexity index is 1510. The molecule has 0 aromatic heterocycles. The van der Waals surface area contributed by atoms with Crippen molar-refractivity contribution in [2.75, 3.05) is 11.5 Å². The first kappa shape index (κ1) is 31.5. The van der Waals surface area contributed by atoms with Crippen LogP contribution >= 0.6 is 0 Å². The summed E-state index contributed by atoms with van der Waals surface area (Å²) in [6.07, 6.45) is 3.45. The molecular weight excluding hydrogens is 577 g/mol. The third-order valence-electron chi connectivity index (χ3n) is 8.71. The molecule has 9 heteroatoms. The van der Waals surface area contributed by atoms with Crippen LogP contribution in [-0.4, -0.2) is 38.7 Å². The molecule has 3 aromatic rings. The van der Waals surface area contributed by atoms with Gasteiger partial charge in [0, 0.05) is 11.8 Å². The van der Waals surface area contributed by atoms with Crippen LogP contribution in [0.3, 0.4) is 0 Å². The minimum Gasteiger partial charge on any atom is -0.748 e. The summed E-state index contributed by atoms with van der Waals surface area (Å²) in [4.78, 5) is 15.8. The molecule has 2 fully saturated rings. The lowest BCUT2D eigenvalue weighted by Crippen LogP contribution is -2.42. The van der Waals surface area contributed by atoms with Crippen molar-refractivity contribution in [1.82, 2.24) is 0 Å². The Morgan fingerprint density at radius 1 is 0.829 bits per heavy atom. The van der Waals surface area contributed by atoms with E-state index in [0.29, 0.717) is 24.2 Å². The van der Waals surface area contributed by atoms with Gasteiger partial charge in [-0.25, -0.2) is 16.8 Å². The Morgan fingerprint density at radius 2 is 1.34 bits per heavy atom. The Kier molecular flexibility index (Phi) is 9.53. The fraction of sp³-hybridized carbons (Fsp3) is 0.406. The number of rotatable bonds is 9. The normalized spacial score (nSPS) is 21.5.